The van der Waals surface area contributed by atoms with E-state index in [4.69, 9.17) is 16.3 Å². The summed E-state index contributed by atoms with van der Waals surface area (Å²) in [4.78, 5) is 19.7. The first-order valence-electron chi connectivity index (χ1n) is 8.74. The second-order valence-corrected chi connectivity index (χ2v) is 7.71. The van der Waals surface area contributed by atoms with E-state index in [-0.39, 0.29) is 21.6 Å². The number of carbonyl (C=O) groups is 1. The van der Waals surface area contributed by atoms with Crippen LogP contribution in [-0.2, 0) is 11.0 Å². The summed E-state index contributed by atoms with van der Waals surface area (Å²) in [6, 6.07) is 8.15. The first-order chi connectivity index (χ1) is 14.7. The van der Waals surface area contributed by atoms with Gasteiger partial charge < -0.3 is 15.0 Å². The van der Waals surface area contributed by atoms with Gasteiger partial charge in [0, 0.05) is 10.9 Å². The molecule has 160 valence electrons. The summed E-state index contributed by atoms with van der Waals surface area (Å²) < 4.78 is 43.8. The van der Waals surface area contributed by atoms with E-state index < -0.39 is 17.6 Å². The summed E-state index contributed by atoms with van der Waals surface area (Å²) in [5.41, 5.74) is 0.812. The second-order valence-electron chi connectivity index (χ2n) is 6.36. The number of halogens is 4. The second kappa shape index (κ2) is 8.23. The van der Waals surface area contributed by atoms with Crippen LogP contribution in [0.25, 0.3) is 22.1 Å². The van der Waals surface area contributed by atoms with Gasteiger partial charge in [-0.1, -0.05) is 23.4 Å². The molecule has 7 nitrogen and oxygen atoms in total. The molecule has 0 bridgehead atoms. The van der Waals surface area contributed by atoms with Crippen molar-refractivity contribution >= 4 is 57.0 Å². The maximum Gasteiger partial charge on any atom is 0.416 e. The normalized spacial score (nSPS) is 11.8. The van der Waals surface area contributed by atoms with E-state index in [0.29, 0.717) is 16.9 Å². The van der Waals surface area contributed by atoms with Gasteiger partial charge in [-0.2, -0.15) is 13.2 Å². The van der Waals surface area contributed by atoms with Crippen molar-refractivity contribution in [2.45, 2.75) is 11.3 Å². The number of aromatic nitrogens is 4. The smallest absolute Gasteiger partial charge is 0.416 e. The lowest BCUT2D eigenvalue weighted by atomic mass is 10.2. The number of ether oxygens (including phenoxy) is 1. The van der Waals surface area contributed by atoms with Crippen LogP contribution in [0.15, 0.2) is 41.6 Å². The zero-order valence-corrected chi connectivity index (χ0v) is 17.3. The van der Waals surface area contributed by atoms with Crippen molar-refractivity contribution in [3.63, 3.8) is 0 Å². The Morgan fingerprint density at radius 2 is 2.03 bits per heavy atom. The van der Waals surface area contributed by atoms with Crippen molar-refractivity contribution in [1.82, 2.24) is 20.2 Å². The quantitative estimate of drug-likeness (QED) is 0.405. The Bertz CT molecular complexity index is 1290. The molecule has 4 aromatic rings. The standard InChI is InChI=1S/C19H13ClF3N5O2S/c1-30-10-3-5-13-11(7-10)16-17(25-13)26-18(28-27-16)31-8-15(29)24-14-6-9(19(21,22)23)2-4-12(14)20/h2-7H,8H2,1H3,(H,24,29)(H,25,26,28). The molecule has 2 aromatic heterocycles. The first-order valence-corrected chi connectivity index (χ1v) is 10.1. The Kier molecular flexibility index (Phi) is 5.63. The summed E-state index contributed by atoms with van der Waals surface area (Å²) in [5.74, 6) is -0.0387. The van der Waals surface area contributed by atoms with Crippen molar-refractivity contribution in [2.75, 3.05) is 18.2 Å². The Balaban J connectivity index is 1.48. The highest BCUT2D eigenvalue weighted by molar-refractivity contribution is 7.99. The number of fused-ring (bicyclic) bond motifs is 3. The van der Waals surface area contributed by atoms with Gasteiger partial charge >= 0.3 is 6.18 Å². The fraction of sp³-hybridized carbons (Fsp3) is 0.158. The number of methoxy groups -OCH3 is 1. The van der Waals surface area contributed by atoms with Gasteiger partial charge in [-0.05, 0) is 36.4 Å². The summed E-state index contributed by atoms with van der Waals surface area (Å²) in [6.45, 7) is 0. The fourth-order valence-corrected chi connectivity index (χ4v) is 3.59. The molecule has 0 spiro atoms. The first kappa shape index (κ1) is 21.2. The Hall–Kier alpha value is -3.05. The third-order valence-electron chi connectivity index (χ3n) is 4.30. The van der Waals surface area contributed by atoms with Crippen LogP contribution in [0.3, 0.4) is 0 Å². The molecule has 0 saturated heterocycles. The van der Waals surface area contributed by atoms with Crippen LogP contribution in [0, 0.1) is 0 Å². The van der Waals surface area contributed by atoms with Crippen LogP contribution in [0.2, 0.25) is 5.02 Å². The minimum absolute atomic E-state index is 0.000750. The average molecular weight is 468 g/mol. The van der Waals surface area contributed by atoms with Crippen LogP contribution < -0.4 is 10.1 Å². The lowest BCUT2D eigenvalue weighted by Gasteiger charge is -2.11. The van der Waals surface area contributed by atoms with Gasteiger partial charge in [0.2, 0.25) is 11.1 Å². The fourth-order valence-electron chi connectivity index (χ4n) is 2.84. The third kappa shape index (κ3) is 4.52. The zero-order valence-electron chi connectivity index (χ0n) is 15.7. The van der Waals surface area contributed by atoms with Crippen molar-refractivity contribution in [2.24, 2.45) is 0 Å². The van der Waals surface area contributed by atoms with Crippen molar-refractivity contribution in [3.8, 4) is 5.75 Å². The SMILES string of the molecule is COc1ccc2[nH]c3nc(SCC(=O)Nc4cc(C(F)(F)F)ccc4Cl)nnc3c2c1. The van der Waals surface area contributed by atoms with Gasteiger partial charge in [0.15, 0.2) is 5.65 Å². The number of anilines is 1. The van der Waals surface area contributed by atoms with Crippen LogP contribution in [0.5, 0.6) is 5.75 Å². The van der Waals surface area contributed by atoms with Gasteiger partial charge in [0.1, 0.15) is 11.3 Å². The lowest BCUT2D eigenvalue weighted by molar-refractivity contribution is -0.137. The summed E-state index contributed by atoms with van der Waals surface area (Å²) >= 11 is 6.89. The molecule has 12 heteroatoms. The van der Waals surface area contributed by atoms with E-state index in [9.17, 15) is 18.0 Å². The molecule has 0 aliphatic rings. The largest absolute Gasteiger partial charge is 0.497 e. The molecule has 0 aliphatic carbocycles. The molecule has 1 amide bonds. The highest BCUT2D eigenvalue weighted by Gasteiger charge is 2.31. The number of aromatic amines is 1. The van der Waals surface area contributed by atoms with E-state index >= 15 is 0 Å². The number of amides is 1. The monoisotopic (exact) mass is 467 g/mol. The molecule has 0 radical (unpaired) electrons. The highest BCUT2D eigenvalue weighted by atomic mass is 35.5. The van der Waals surface area contributed by atoms with Crippen LogP contribution in [0.1, 0.15) is 5.56 Å². The van der Waals surface area contributed by atoms with Gasteiger partial charge in [0.25, 0.3) is 0 Å². The van der Waals surface area contributed by atoms with E-state index in [1.165, 1.54) is 0 Å². The molecule has 0 atom stereocenters. The maximum absolute atomic E-state index is 12.9. The van der Waals surface area contributed by atoms with E-state index in [2.05, 4.69) is 25.5 Å². The molecule has 2 heterocycles. The van der Waals surface area contributed by atoms with E-state index in [0.717, 1.165) is 40.9 Å². The number of carbonyl (C=O) groups excluding carboxylic acids is 1. The Morgan fingerprint density at radius 3 is 2.77 bits per heavy atom. The molecule has 0 aliphatic heterocycles. The molecule has 4 rings (SSSR count). The van der Waals surface area contributed by atoms with Crippen LogP contribution in [-0.4, -0.2) is 38.9 Å². The number of hydrogen-bond donors (Lipinski definition) is 2. The zero-order chi connectivity index (χ0) is 22.2. The summed E-state index contributed by atoms with van der Waals surface area (Å²) in [6.07, 6.45) is -4.54. The van der Waals surface area contributed by atoms with Crippen molar-refractivity contribution in [3.05, 3.63) is 47.0 Å². The van der Waals surface area contributed by atoms with E-state index in [1.807, 2.05) is 12.1 Å². The van der Waals surface area contributed by atoms with E-state index in [1.54, 1.807) is 13.2 Å². The number of rotatable bonds is 5. The molecular weight excluding hydrogens is 455 g/mol. The molecule has 2 N–H and O–H groups in total. The molecule has 0 fully saturated rings. The maximum atomic E-state index is 12.9. The summed E-state index contributed by atoms with van der Waals surface area (Å²) in [7, 11) is 1.56. The number of alkyl halides is 3. The summed E-state index contributed by atoms with van der Waals surface area (Å²) in [5, 5.41) is 11.6. The topological polar surface area (TPSA) is 92.8 Å². The number of benzene rings is 2. The number of nitrogens with one attached hydrogen (secondary N) is 2. The van der Waals surface area contributed by atoms with Crippen LogP contribution in [0.4, 0.5) is 18.9 Å². The van der Waals surface area contributed by atoms with Crippen molar-refractivity contribution in [1.29, 1.82) is 0 Å². The molecule has 31 heavy (non-hydrogen) atoms. The highest BCUT2D eigenvalue weighted by Crippen LogP contribution is 2.34. The van der Waals surface area contributed by atoms with Crippen molar-refractivity contribution < 1.29 is 22.7 Å². The minimum atomic E-state index is -4.54. The molecule has 0 saturated carbocycles. The van der Waals surface area contributed by atoms with Gasteiger partial charge in [0.05, 0.1) is 29.1 Å². The van der Waals surface area contributed by atoms with Gasteiger partial charge in [-0.15, -0.1) is 10.2 Å². The van der Waals surface area contributed by atoms with Crippen LogP contribution >= 0.6 is 23.4 Å². The average Bonchev–Trinajstić information content (AvgIpc) is 3.09. The number of thioether (sulfide) groups is 1. The molecule has 2 aromatic carbocycles. The number of H-pyrrole nitrogens is 1. The lowest BCUT2D eigenvalue weighted by Crippen LogP contribution is -2.15. The Labute approximate surface area is 182 Å². The molecular formula is C19H13ClF3N5O2S. The molecule has 0 unspecified atom stereocenters. The third-order valence-corrected chi connectivity index (χ3v) is 5.47. The predicted octanol–water partition coefficient (Wildman–Crippen LogP) is 4.92. The van der Waals surface area contributed by atoms with Gasteiger partial charge in [-0.25, -0.2) is 4.98 Å². The number of hydrogen-bond acceptors (Lipinski definition) is 6. The minimum Gasteiger partial charge on any atom is -0.497 e. The Morgan fingerprint density at radius 1 is 1.23 bits per heavy atom. The van der Waals surface area contributed by atoms with Gasteiger partial charge in [-0.3, -0.25) is 4.79 Å². The predicted molar refractivity (Wildman–Crippen MR) is 112 cm³/mol. The number of nitrogens with zero attached hydrogens (tertiary/aromatic N) is 3.